The minimum absolute atomic E-state index is 0.0613. The van der Waals surface area contributed by atoms with E-state index in [9.17, 15) is 4.79 Å². The minimum Gasteiger partial charge on any atom is -0.342 e. The van der Waals surface area contributed by atoms with E-state index >= 15 is 0 Å². The third-order valence-corrected chi connectivity index (χ3v) is 3.69. The van der Waals surface area contributed by atoms with Gasteiger partial charge >= 0.3 is 0 Å². The quantitative estimate of drug-likeness (QED) is 0.720. The van der Waals surface area contributed by atoms with Gasteiger partial charge in [0.25, 0.3) is 0 Å². The molecular formula is C13H17N3O. The van der Waals surface area contributed by atoms with Gasteiger partial charge in [-0.05, 0) is 18.8 Å². The molecule has 1 aliphatic carbocycles. The molecule has 17 heavy (non-hydrogen) atoms. The number of hydrogen-bond donors (Lipinski definition) is 2. The lowest BCUT2D eigenvalue weighted by molar-refractivity contribution is -0.118. The number of Topliss-reactive ketones (excluding diaryl/α,β-unsaturated/α-hetero) is 1. The smallest absolute Gasteiger partial charge is 0.161 e. The molecule has 0 aromatic carbocycles. The van der Waals surface area contributed by atoms with E-state index in [1.54, 1.807) is 0 Å². The van der Waals surface area contributed by atoms with Crippen molar-refractivity contribution in [2.75, 3.05) is 5.32 Å². The largest absolute Gasteiger partial charge is 0.342 e. The van der Waals surface area contributed by atoms with Crippen LogP contribution in [0.2, 0.25) is 0 Å². The maximum atomic E-state index is 12.2. The maximum absolute atomic E-state index is 12.2. The Morgan fingerprint density at radius 2 is 2.06 bits per heavy atom. The highest BCUT2D eigenvalue weighted by Gasteiger charge is 2.36. The molecule has 4 nitrogen and oxygen atoms in total. The predicted molar refractivity (Wildman–Crippen MR) is 65.7 cm³/mol. The lowest BCUT2D eigenvalue weighted by Crippen LogP contribution is -2.31. The Hall–Kier alpha value is -1.58. The van der Waals surface area contributed by atoms with Gasteiger partial charge in [-0.1, -0.05) is 13.8 Å². The van der Waals surface area contributed by atoms with Crippen molar-refractivity contribution in [1.29, 1.82) is 0 Å². The number of ketones is 1. The number of allylic oxidation sites excluding steroid dienone is 2. The molecule has 2 N–H and O–H groups in total. The van der Waals surface area contributed by atoms with E-state index in [4.69, 9.17) is 0 Å². The molecule has 0 atom stereocenters. The Kier molecular flexibility index (Phi) is 2.00. The summed E-state index contributed by atoms with van der Waals surface area (Å²) in [5.41, 5.74) is 4.28. The van der Waals surface area contributed by atoms with Gasteiger partial charge in [0.1, 0.15) is 0 Å². The third-order valence-electron chi connectivity index (χ3n) is 3.69. The van der Waals surface area contributed by atoms with Gasteiger partial charge in [-0.3, -0.25) is 9.89 Å². The van der Waals surface area contributed by atoms with Crippen LogP contribution in [0.5, 0.6) is 0 Å². The second-order valence-electron chi connectivity index (χ2n) is 5.88. The minimum atomic E-state index is 0.0613. The van der Waals surface area contributed by atoms with E-state index in [0.29, 0.717) is 6.42 Å². The Bertz CT molecular complexity index is 537. The standard InChI is InChI=1S/C13H17N3O/c1-7-8-4-9-10(14-12(8)16-15-7)5-13(2,3)6-11(9)17/h4-6H2,1-3H3,(H2,14,15,16). The summed E-state index contributed by atoms with van der Waals surface area (Å²) in [5, 5.41) is 10.5. The Morgan fingerprint density at radius 1 is 1.29 bits per heavy atom. The van der Waals surface area contributed by atoms with Crippen molar-refractivity contribution >= 4 is 11.6 Å². The molecule has 3 rings (SSSR count). The molecule has 0 fully saturated rings. The van der Waals surface area contributed by atoms with Gasteiger partial charge in [0.05, 0.1) is 0 Å². The number of carbonyl (C=O) groups is 1. The van der Waals surface area contributed by atoms with E-state index in [1.807, 2.05) is 6.92 Å². The van der Waals surface area contributed by atoms with Crippen LogP contribution < -0.4 is 5.32 Å². The van der Waals surface area contributed by atoms with Crippen molar-refractivity contribution in [3.63, 3.8) is 0 Å². The summed E-state index contributed by atoms with van der Waals surface area (Å²) in [6.45, 7) is 6.28. The van der Waals surface area contributed by atoms with Crippen molar-refractivity contribution < 1.29 is 4.79 Å². The monoisotopic (exact) mass is 231 g/mol. The maximum Gasteiger partial charge on any atom is 0.161 e. The molecular weight excluding hydrogens is 214 g/mol. The molecule has 0 saturated carbocycles. The summed E-state index contributed by atoms with van der Waals surface area (Å²) >= 11 is 0. The number of aromatic amines is 1. The molecule has 1 aromatic rings. The number of rotatable bonds is 0. The number of nitrogens with one attached hydrogen (secondary N) is 2. The zero-order valence-electron chi connectivity index (χ0n) is 10.5. The highest BCUT2D eigenvalue weighted by molar-refractivity contribution is 5.99. The summed E-state index contributed by atoms with van der Waals surface area (Å²) in [4.78, 5) is 12.2. The highest BCUT2D eigenvalue weighted by Crippen LogP contribution is 2.41. The molecule has 1 aliphatic heterocycles. The Labute approximate surface area is 100 Å². The van der Waals surface area contributed by atoms with E-state index in [2.05, 4.69) is 29.4 Å². The summed E-state index contributed by atoms with van der Waals surface area (Å²) in [7, 11) is 0. The first kappa shape index (κ1) is 10.6. The summed E-state index contributed by atoms with van der Waals surface area (Å²) in [6.07, 6.45) is 2.31. The SMILES string of the molecule is Cc1[nH]nc2c1CC1=C(CC(C)(C)CC1=O)N2. The van der Waals surface area contributed by atoms with Crippen LogP contribution in [0.25, 0.3) is 0 Å². The van der Waals surface area contributed by atoms with E-state index in [-0.39, 0.29) is 11.2 Å². The zero-order chi connectivity index (χ0) is 12.2. The van der Waals surface area contributed by atoms with Crippen LogP contribution in [0.4, 0.5) is 5.82 Å². The van der Waals surface area contributed by atoms with E-state index in [1.165, 1.54) is 0 Å². The third kappa shape index (κ3) is 1.59. The van der Waals surface area contributed by atoms with Crippen molar-refractivity contribution in [3.05, 3.63) is 22.5 Å². The number of fused-ring (bicyclic) bond motifs is 1. The number of hydrogen-bond acceptors (Lipinski definition) is 3. The van der Waals surface area contributed by atoms with Gasteiger partial charge in [0, 0.05) is 35.4 Å². The fraction of sp³-hybridized carbons (Fsp3) is 0.538. The van der Waals surface area contributed by atoms with Crippen LogP contribution in [0.15, 0.2) is 11.3 Å². The molecule has 90 valence electrons. The first-order chi connectivity index (χ1) is 7.96. The van der Waals surface area contributed by atoms with Crippen molar-refractivity contribution in [3.8, 4) is 0 Å². The van der Waals surface area contributed by atoms with Crippen molar-refractivity contribution in [1.82, 2.24) is 10.2 Å². The van der Waals surface area contributed by atoms with Crippen LogP contribution in [0.1, 0.15) is 37.9 Å². The van der Waals surface area contributed by atoms with Crippen molar-refractivity contribution in [2.45, 2.75) is 40.0 Å². The number of H-pyrrole nitrogens is 1. The lowest BCUT2D eigenvalue weighted by Gasteiger charge is -2.34. The lowest BCUT2D eigenvalue weighted by atomic mass is 9.74. The molecule has 0 unspecified atom stereocenters. The van der Waals surface area contributed by atoms with Gasteiger partial charge in [-0.25, -0.2) is 0 Å². The number of aromatic nitrogens is 2. The fourth-order valence-electron chi connectivity index (χ4n) is 2.77. The summed E-state index contributed by atoms with van der Waals surface area (Å²) in [6, 6.07) is 0. The summed E-state index contributed by atoms with van der Waals surface area (Å²) < 4.78 is 0. The molecule has 1 aromatic heterocycles. The Balaban J connectivity index is 2.02. The van der Waals surface area contributed by atoms with E-state index in [0.717, 1.165) is 41.2 Å². The second-order valence-corrected chi connectivity index (χ2v) is 5.88. The number of anilines is 1. The van der Waals surface area contributed by atoms with E-state index < -0.39 is 0 Å². The van der Waals surface area contributed by atoms with Gasteiger partial charge in [-0.2, -0.15) is 5.10 Å². The van der Waals surface area contributed by atoms with Crippen LogP contribution in [0, 0.1) is 12.3 Å². The zero-order valence-corrected chi connectivity index (χ0v) is 10.5. The predicted octanol–water partition coefficient (Wildman–Crippen LogP) is 2.33. The van der Waals surface area contributed by atoms with Crippen LogP contribution in [-0.4, -0.2) is 16.0 Å². The molecule has 0 radical (unpaired) electrons. The van der Waals surface area contributed by atoms with Gasteiger partial charge in [-0.15, -0.1) is 0 Å². The molecule has 0 bridgehead atoms. The first-order valence-electron chi connectivity index (χ1n) is 6.02. The average Bonchev–Trinajstić information content (AvgIpc) is 2.56. The topological polar surface area (TPSA) is 57.8 Å². The highest BCUT2D eigenvalue weighted by atomic mass is 16.1. The molecule has 4 heteroatoms. The fourth-order valence-corrected chi connectivity index (χ4v) is 2.77. The first-order valence-corrected chi connectivity index (χ1v) is 6.02. The molecule has 0 amide bonds. The number of carbonyl (C=O) groups excluding carboxylic acids is 1. The normalized spacial score (nSPS) is 21.9. The molecule has 2 aliphatic rings. The van der Waals surface area contributed by atoms with Crippen LogP contribution >= 0.6 is 0 Å². The number of nitrogens with zero attached hydrogens (tertiary/aromatic N) is 1. The summed E-state index contributed by atoms with van der Waals surface area (Å²) in [5.74, 6) is 1.18. The Morgan fingerprint density at radius 3 is 2.82 bits per heavy atom. The number of aryl methyl sites for hydroxylation is 1. The van der Waals surface area contributed by atoms with Crippen molar-refractivity contribution in [2.24, 2.45) is 5.41 Å². The molecule has 0 spiro atoms. The van der Waals surface area contributed by atoms with Gasteiger partial charge < -0.3 is 5.32 Å². The van der Waals surface area contributed by atoms with Gasteiger partial charge in [0.2, 0.25) is 0 Å². The van der Waals surface area contributed by atoms with Crippen LogP contribution in [-0.2, 0) is 11.2 Å². The molecule has 0 saturated heterocycles. The van der Waals surface area contributed by atoms with Crippen LogP contribution in [0.3, 0.4) is 0 Å². The second kappa shape index (κ2) is 3.22. The van der Waals surface area contributed by atoms with Gasteiger partial charge in [0.15, 0.2) is 11.6 Å². The molecule has 2 heterocycles. The average molecular weight is 231 g/mol.